The van der Waals surface area contributed by atoms with Gasteiger partial charge in [0, 0.05) is 43.4 Å². The van der Waals surface area contributed by atoms with Crippen LogP contribution in [0.1, 0.15) is 63.4 Å². The highest BCUT2D eigenvalue weighted by Gasteiger charge is 2.41. The molecule has 0 spiro atoms. The van der Waals surface area contributed by atoms with Crippen molar-refractivity contribution in [3.8, 4) is 5.88 Å². The lowest BCUT2D eigenvalue weighted by atomic mass is 9.89. The number of aromatic nitrogens is 1. The van der Waals surface area contributed by atoms with Gasteiger partial charge in [-0.05, 0) is 34.6 Å². The van der Waals surface area contributed by atoms with Crippen molar-refractivity contribution in [3.63, 3.8) is 0 Å². The van der Waals surface area contributed by atoms with E-state index in [0.717, 1.165) is 17.4 Å². The summed E-state index contributed by atoms with van der Waals surface area (Å²) in [6, 6.07) is 0.875. The van der Waals surface area contributed by atoms with E-state index >= 15 is 0 Å². The Balaban J connectivity index is 1.88. The van der Waals surface area contributed by atoms with E-state index in [1.54, 1.807) is 25.7 Å². The second-order valence-electron chi connectivity index (χ2n) is 9.59. The van der Waals surface area contributed by atoms with Crippen LogP contribution >= 0.6 is 11.3 Å². The molecule has 0 bridgehead atoms. The number of halogens is 3. The molecule has 0 aromatic carbocycles. The smallest absolute Gasteiger partial charge is 0.418 e. The van der Waals surface area contributed by atoms with Crippen LogP contribution in [0.3, 0.4) is 0 Å². The Kier molecular flexibility index (Phi) is 6.58. The molecule has 33 heavy (non-hydrogen) atoms. The molecule has 2 aromatic heterocycles. The van der Waals surface area contributed by atoms with Crippen molar-refractivity contribution in [3.05, 3.63) is 22.6 Å². The highest BCUT2D eigenvalue weighted by molar-refractivity contribution is 7.17. The summed E-state index contributed by atoms with van der Waals surface area (Å²) in [6.07, 6.45) is -4.77. The predicted octanol–water partition coefficient (Wildman–Crippen LogP) is 5.23. The maximum absolute atomic E-state index is 13.7. The topological polar surface area (TPSA) is 80.8 Å². The summed E-state index contributed by atoms with van der Waals surface area (Å²) in [5, 5.41) is 3.78. The fraction of sp³-hybridized carbons (Fsp3) is 0.591. The molecule has 0 aliphatic carbocycles. The normalized spacial score (nSPS) is 18.8. The van der Waals surface area contributed by atoms with E-state index < -0.39 is 41.0 Å². The van der Waals surface area contributed by atoms with Crippen molar-refractivity contribution < 1.29 is 32.2 Å². The van der Waals surface area contributed by atoms with Crippen LogP contribution < -0.4 is 10.1 Å². The molecular formula is C22H28F3N3O4S. The number of hydrogen-bond acceptors (Lipinski definition) is 6. The molecule has 1 saturated heterocycles. The Bertz CT molecular complexity index is 1060. The zero-order valence-electron chi connectivity index (χ0n) is 19.4. The summed E-state index contributed by atoms with van der Waals surface area (Å²) in [5.41, 5.74) is -2.16. The number of amides is 2. The molecule has 3 heterocycles. The largest absolute Gasteiger partial charge is 0.474 e. The van der Waals surface area contributed by atoms with E-state index in [1.807, 2.05) is 13.8 Å². The first kappa shape index (κ1) is 25.1. The maximum Gasteiger partial charge on any atom is 0.418 e. The minimum Gasteiger partial charge on any atom is -0.474 e. The lowest BCUT2D eigenvalue weighted by molar-refractivity contribution is -0.136. The number of hydrogen-bond donors (Lipinski definition) is 1. The van der Waals surface area contributed by atoms with Crippen molar-refractivity contribution in [2.75, 3.05) is 13.6 Å². The Morgan fingerprint density at radius 3 is 2.48 bits per heavy atom. The quantitative estimate of drug-likeness (QED) is 0.641. The summed E-state index contributed by atoms with van der Waals surface area (Å²) in [4.78, 5) is 30.6. The second-order valence-corrected chi connectivity index (χ2v) is 10.5. The monoisotopic (exact) mass is 487 g/mol. The average Bonchev–Trinajstić information content (AvgIpc) is 3.07. The van der Waals surface area contributed by atoms with Gasteiger partial charge in [-0.25, -0.2) is 9.78 Å². The van der Waals surface area contributed by atoms with Crippen molar-refractivity contribution in [1.29, 1.82) is 0 Å². The third-order valence-electron chi connectivity index (χ3n) is 5.31. The molecule has 182 valence electrons. The van der Waals surface area contributed by atoms with Crippen LogP contribution in [-0.2, 0) is 10.9 Å². The van der Waals surface area contributed by atoms with Crippen molar-refractivity contribution in [2.45, 2.75) is 70.9 Å². The van der Waals surface area contributed by atoms with Crippen molar-refractivity contribution in [1.82, 2.24) is 15.2 Å². The van der Waals surface area contributed by atoms with Crippen LogP contribution in [0.5, 0.6) is 5.88 Å². The van der Waals surface area contributed by atoms with Gasteiger partial charge in [-0.15, -0.1) is 11.3 Å². The number of alkyl halides is 3. The number of thiophene rings is 1. The second kappa shape index (κ2) is 8.66. The van der Waals surface area contributed by atoms with E-state index in [2.05, 4.69) is 10.3 Å². The molecule has 1 aliphatic heterocycles. The number of nitrogens with zero attached hydrogens (tertiary/aromatic N) is 2. The minimum atomic E-state index is -4.64. The number of rotatable bonds is 3. The lowest BCUT2D eigenvalue weighted by Gasteiger charge is -2.45. The third-order valence-corrected chi connectivity index (χ3v) is 6.31. The summed E-state index contributed by atoms with van der Waals surface area (Å²) in [6.45, 7) is 9.38. The number of carbonyl (C=O) groups is 2. The molecule has 7 nitrogen and oxygen atoms in total. The number of likely N-dealkylation sites (tertiary alicyclic amines) is 1. The third kappa shape index (κ3) is 5.51. The van der Waals surface area contributed by atoms with E-state index in [4.69, 9.17) is 9.47 Å². The number of piperidine rings is 1. The van der Waals surface area contributed by atoms with Gasteiger partial charge >= 0.3 is 12.3 Å². The molecule has 3 rings (SSSR count). The van der Waals surface area contributed by atoms with Gasteiger partial charge in [0.1, 0.15) is 11.7 Å². The van der Waals surface area contributed by atoms with Crippen LogP contribution in [0.25, 0.3) is 10.2 Å². The highest BCUT2D eigenvalue weighted by Crippen LogP contribution is 2.41. The minimum absolute atomic E-state index is 0.0466. The molecule has 1 fully saturated rings. The van der Waals surface area contributed by atoms with E-state index in [1.165, 1.54) is 12.4 Å². The van der Waals surface area contributed by atoms with Gasteiger partial charge in [-0.3, -0.25) is 4.79 Å². The first-order valence-electron chi connectivity index (χ1n) is 10.5. The zero-order chi connectivity index (χ0) is 24.8. The fourth-order valence-corrected chi connectivity index (χ4v) is 4.85. The number of fused-ring (bicyclic) bond motifs is 1. The molecule has 1 N–H and O–H groups in total. The Morgan fingerprint density at radius 2 is 1.94 bits per heavy atom. The van der Waals surface area contributed by atoms with Crippen LogP contribution in [0.4, 0.5) is 18.0 Å². The summed E-state index contributed by atoms with van der Waals surface area (Å²) in [7, 11) is 1.40. The zero-order valence-corrected chi connectivity index (χ0v) is 20.2. The lowest BCUT2D eigenvalue weighted by Crippen LogP contribution is -2.56. The molecule has 11 heteroatoms. The molecule has 2 amide bonds. The summed E-state index contributed by atoms with van der Waals surface area (Å²) in [5.74, 6) is -0.726. The number of ether oxygens (including phenoxy) is 2. The van der Waals surface area contributed by atoms with E-state index in [-0.39, 0.29) is 21.7 Å². The average molecular weight is 488 g/mol. The van der Waals surface area contributed by atoms with Gasteiger partial charge in [0.25, 0.3) is 5.91 Å². The number of carbonyl (C=O) groups excluding carboxylic acids is 2. The van der Waals surface area contributed by atoms with Gasteiger partial charge in [0.05, 0.1) is 21.3 Å². The van der Waals surface area contributed by atoms with Crippen LogP contribution in [0.15, 0.2) is 11.4 Å². The van der Waals surface area contributed by atoms with E-state index in [9.17, 15) is 22.8 Å². The Labute approximate surface area is 194 Å². The number of nitrogens with one attached hydrogen (secondary N) is 1. The molecule has 2 aromatic rings. The molecule has 1 aliphatic rings. The van der Waals surface area contributed by atoms with Crippen LogP contribution in [-0.4, -0.2) is 52.7 Å². The molecule has 1 unspecified atom stereocenters. The SMILES string of the molecule is CNC(=O)c1csc2c(C(F)(F)F)cc(OC3CCN(C(=O)OC(C)(C)C)C(C)(C)C3)nc12. The maximum atomic E-state index is 13.7. The fourth-order valence-electron chi connectivity index (χ4n) is 3.82. The van der Waals surface area contributed by atoms with Gasteiger partial charge in [0.2, 0.25) is 5.88 Å². The first-order chi connectivity index (χ1) is 15.1. The summed E-state index contributed by atoms with van der Waals surface area (Å²) < 4.78 is 52.4. The molecule has 0 saturated carbocycles. The Morgan fingerprint density at radius 1 is 1.27 bits per heavy atom. The van der Waals surface area contributed by atoms with Crippen LogP contribution in [0, 0.1) is 0 Å². The van der Waals surface area contributed by atoms with Crippen LogP contribution in [0.2, 0.25) is 0 Å². The number of pyridine rings is 1. The standard InChI is InChI=1S/C22H28F3N3O4S/c1-20(2,3)32-19(30)28-8-7-12(10-21(28,4)5)31-15-9-14(22(23,24)25)17-16(27-15)13(11-33-17)18(29)26-6/h9,11-12H,7-8,10H2,1-6H3,(H,26,29). The van der Waals surface area contributed by atoms with Gasteiger partial charge in [-0.1, -0.05) is 0 Å². The summed E-state index contributed by atoms with van der Waals surface area (Å²) >= 11 is 0.817. The van der Waals surface area contributed by atoms with Gasteiger partial charge < -0.3 is 19.7 Å². The predicted molar refractivity (Wildman–Crippen MR) is 119 cm³/mol. The Hall–Kier alpha value is -2.56. The molecule has 0 radical (unpaired) electrons. The van der Waals surface area contributed by atoms with Crippen molar-refractivity contribution in [2.24, 2.45) is 0 Å². The molecular weight excluding hydrogens is 459 g/mol. The van der Waals surface area contributed by atoms with Gasteiger partial charge in [-0.2, -0.15) is 13.2 Å². The van der Waals surface area contributed by atoms with Gasteiger partial charge in [0.15, 0.2) is 0 Å². The first-order valence-corrected chi connectivity index (χ1v) is 11.4. The van der Waals surface area contributed by atoms with Crippen molar-refractivity contribution >= 4 is 33.6 Å². The molecule has 1 atom stereocenters. The van der Waals surface area contributed by atoms with E-state index in [0.29, 0.717) is 19.4 Å². The highest BCUT2D eigenvalue weighted by atomic mass is 32.1.